The van der Waals surface area contributed by atoms with E-state index in [0.29, 0.717) is 12.8 Å². The molecule has 33 heavy (non-hydrogen) atoms. The molecule has 3 rings (SSSR count). The first-order valence-corrected chi connectivity index (χ1v) is 12.2. The second kappa shape index (κ2) is 9.34. The van der Waals surface area contributed by atoms with Crippen LogP contribution in [0.2, 0.25) is 0 Å². The number of carbonyl (C=O) groups excluding carboxylic acids is 1. The smallest absolute Gasteiger partial charge is 0.349 e. The van der Waals surface area contributed by atoms with Crippen LogP contribution < -0.4 is 11.5 Å². The van der Waals surface area contributed by atoms with Crippen LogP contribution in [0.3, 0.4) is 0 Å². The number of aryl methyl sites for hydroxylation is 2. The average Bonchev–Trinajstić information content (AvgIpc) is 2.71. The van der Waals surface area contributed by atoms with E-state index >= 15 is 0 Å². The Kier molecular flexibility index (Phi) is 7.08. The number of ether oxygens (including phenoxy) is 1. The van der Waals surface area contributed by atoms with Crippen LogP contribution in [0.15, 0.2) is 52.0 Å². The summed E-state index contributed by atoms with van der Waals surface area (Å²) in [7, 11) is 0. The maximum absolute atomic E-state index is 13.2. The number of carbonyl (C=O) groups is 1. The Hall–Kier alpha value is -2.60. The summed E-state index contributed by atoms with van der Waals surface area (Å²) in [6.07, 6.45) is 1.65. The molecule has 0 aromatic heterocycles. The Morgan fingerprint density at radius 3 is 2.33 bits per heavy atom. The Bertz CT molecular complexity index is 1070. The predicted molar refractivity (Wildman–Crippen MR) is 137 cm³/mol. The van der Waals surface area contributed by atoms with Gasteiger partial charge in [0.1, 0.15) is 16.3 Å². The molecule has 1 heterocycles. The Morgan fingerprint density at radius 2 is 1.79 bits per heavy atom. The first kappa shape index (κ1) is 25.0. The maximum Gasteiger partial charge on any atom is 0.349 e. The summed E-state index contributed by atoms with van der Waals surface area (Å²) in [5.41, 5.74) is 15.6. The van der Waals surface area contributed by atoms with E-state index in [1.54, 1.807) is 0 Å². The summed E-state index contributed by atoms with van der Waals surface area (Å²) >= 11 is 1.27. The lowest BCUT2D eigenvalue weighted by Gasteiger charge is -2.40. The van der Waals surface area contributed by atoms with Gasteiger partial charge in [-0.1, -0.05) is 58.5 Å². The van der Waals surface area contributed by atoms with Crippen LogP contribution in [0.4, 0.5) is 11.4 Å². The minimum absolute atomic E-state index is 0.0489. The highest BCUT2D eigenvalue weighted by molar-refractivity contribution is 8.04. The van der Waals surface area contributed by atoms with Crippen molar-refractivity contribution in [2.75, 3.05) is 11.5 Å². The van der Waals surface area contributed by atoms with Crippen molar-refractivity contribution in [2.24, 2.45) is 5.92 Å². The van der Waals surface area contributed by atoms with Gasteiger partial charge in [-0.05, 0) is 72.1 Å². The molecular formula is C27H36N2O3S. The number of esters is 1. The van der Waals surface area contributed by atoms with Gasteiger partial charge < -0.3 is 21.3 Å². The number of aliphatic hydroxyl groups is 1. The normalized spacial score (nSPS) is 19.2. The molecule has 0 bridgehead atoms. The van der Waals surface area contributed by atoms with Crippen molar-refractivity contribution in [1.82, 2.24) is 0 Å². The highest BCUT2D eigenvalue weighted by Crippen LogP contribution is 2.45. The van der Waals surface area contributed by atoms with Crippen molar-refractivity contribution in [3.05, 3.63) is 63.8 Å². The molecule has 0 aliphatic carbocycles. The molecule has 178 valence electrons. The highest BCUT2D eigenvalue weighted by Gasteiger charge is 2.44. The fraction of sp³-hybridized carbons (Fsp3) is 0.444. The summed E-state index contributed by atoms with van der Waals surface area (Å²) in [5.74, 6) is -0.325. The molecule has 2 aromatic carbocycles. The van der Waals surface area contributed by atoms with Crippen LogP contribution >= 0.6 is 11.8 Å². The van der Waals surface area contributed by atoms with Gasteiger partial charge in [-0.15, -0.1) is 0 Å². The average molecular weight is 469 g/mol. The van der Waals surface area contributed by atoms with Gasteiger partial charge >= 0.3 is 5.97 Å². The number of aliphatic hydroxyl groups excluding tert-OH is 1. The molecule has 0 spiro atoms. The van der Waals surface area contributed by atoms with Crippen LogP contribution in [0.1, 0.15) is 64.2 Å². The Morgan fingerprint density at radius 1 is 1.15 bits per heavy atom. The molecule has 5 N–H and O–H groups in total. The molecule has 0 radical (unpaired) electrons. The fourth-order valence-electron chi connectivity index (χ4n) is 4.12. The zero-order valence-electron chi connectivity index (χ0n) is 20.5. The van der Waals surface area contributed by atoms with Crippen molar-refractivity contribution < 1.29 is 14.6 Å². The molecule has 6 heteroatoms. The Labute approximate surface area is 201 Å². The number of rotatable bonds is 6. The quantitative estimate of drug-likeness (QED) is 0.340. The lowest BCUT2D eigenvalue weighted by molar-refractivity contribution is -0.164. The zero-order valence-corrected chi connectivity index (χ0v) is 21.3. The molecule has 1 aliphatic heterocycles. The van der Waals surface area contributed by atoms with E-state index in [-0.39, 0.29) is 22.0 Å². The van der Waals surface area contributed by atoms with Crippen LogP contribution in [-0.2, 0) is 21.4 Å². The van der Waals surface area contributed by atoms with Gasteiger partial charge in [0.25, 0.3) is 0 Å². The maximum atomic E-state index is 13.2. The van der Waals surface area contributed by atoms with E-state index in [1.807, 2.05) is 57.2 Å². The molecule has 0 fully saturated rings. The SMILES string of the molecule is Cc1cc(SC2=C(O)C[C@@](CCc3ccc(N)cc3)(C(C)C)OC2=O)c(C(C)(C)C)cc1N. The third kappa shape index (κ3) is 5.49. The monoisotopic (exact) mass is 468 g/mol. The summed E-state index contributed by atoms with van der Waals surface area (Å²) in [4.78, 5) is 14.4. The van der Waals surface area contributed by atoms with E-state index < -0.39 is 11.6 Å². The first-order chi connectivity index (χ1) is 15.3. The van der Waals surface area contributed by atoms with Crippen LogP contribution in [-0.4, -0.2) is 16.7 Å². The number of hydrogen-bond acceptors (Lipinski definition) is 6. The van der Waals surface area contributed by atoms with Crippen molar-refractivity contribution in [1.29, 1.82) is 0 Å². The second-order valence-corrected chi connectivity index (χ2v) is 11.4. The molecule has 0 saturated carbocycles. The van der Waals surface area contributed by atoms with Crippen molar-refractivity contribution in [2.45, 2.75) is 76.7 Å². The first-order valence-electron chi connectivity index (χ1n) is 11.4. The number of benzene rings is 2. The minimum atomic E-state index is -0.753. The summed E-state index contributed by atoms with van der Waals surface area (Å²) < 4.78 is 6.09. The minimum Gasteiger partial charge on any atom is -0.511 e. The summed E-state index contributed by atoms with van der Waals surface area (Å²) in [6.45, 7) is 12.3. The van der Waals surface area contributed by atoms with Crippen molar-refractivity contribution in [3.8, 4) is 0 Å². The van der Waals surface area contributed by atoms with Gasteiger partial charge in [0.15, 0.2) is 0 Å². The molecular weight excluding hydrogens is 432 g/mol. The van der Waals surface area contributed by atoms with Gasteiger partial charge in [0, 0.05) is 22.7 Å². The van der Waals surface area contributed by atoms with Crippen LogP contribution in [0.25, 0.3) is 0 Å². The number of cyclic esters (lactones) is 1. The molecule has 0 saturated heterocycles. The summed E-state index contributed by atoms with van der Waals surface area (Å²) in [6, 6.07) is 11.7. The van der Waals surface area contributed by atoms with E-state index in [1.165, 1.54) is 11.8 Å². The standard InChI is InChI=1S/C27H36N2O3S/c1-16(2)27(12-11-18-7-9-19(28)10-8-18)15-22(30)24(25(31)32-27)33-23-13-17(3)21(29)14-20(23)26(4,5)6/h7-10,13-14,16,30H,11-12,15,28-29H2,1-6H3/t27-/m0/s1. The molecule has 1 aliphatic rings. The molecule has 2 aromatic rings. The van der Waals surface area contributed by atoms with Gasteiger partial charge in [0.05, 0.1) is 0 Å². The van der Waals surface area contributed by atoms with Crippen molar-refractivity contribution >= 4 is 29.1 Å². The second-order valence-electron chi connectivity index (χ2n) is 10.4. The van der Waals surface area contributed by atoms with E-state index in [0.717, 1.165) is 39.4 Å². The fourth-order valence-corrected chi connectivity index (χ4v) is 5.36. The lowest BCUT2D eigenvalue weighted by atomic mass is 9.80. The van der Waals surface area contributed by atoms with Crippen LogP contribution in [0, 0.1) is 12.8 Å². The zero-order chi connectivity index (χ0) is 24.6. The third-order valence-electron chi connectivity index (χ3n) is 6.47. The molecule has 1 atom stereocenters. The van der Waals surface area contributed by atoms with E-state index in [2.05, 4.69) is 20.8 Å². The Balaban J connectivity index is 1.90. The van der Waals surface area contributed by atoms with Gasteiger partial charge in [-0.2, -0.15) is 0 Å². The van der Waals surface area contributed by atoms with Gasteiger partial charge in [-0.25, -0.2) is 4.79 Å². The topological polar surface area (TPSA) is 98.6 Å². The van der Waals surface area contributed by atoms with Gasteiger partial charge in [0.2, 0.25) is 0 Å². The summed E-state index contributed by atoms with van der Waals surface area (Å²) in [5, 5.41) is 11.1. The van der Waals surface area contributed by atoms with Crippen LogP contribution in [0.5, 0.6) is 0 Å². The highest BCUT2D eigenvalue weighted by atomic mass is 32.2. The van der Waals surface area contributed by atoms with E-state index in [9.17, 15) is 9.90 Å². The molecule has 5 nitrogen and oxygen atoms in total. The number of hydrogen-bond donors (Lipinski definition) is 3. The number of nitrogens with two attached hydrogens (primary N) is 2. The number of nitrogen functional groups attached to an aromatic ring is 2. The van der Waals surface area contributed by atoms with Gasteiger partial charge in [-0.3, -0.25) is 0 Å². The molecule has 0 amide bonds. The molecule has 0 unspecified atom stereocenters. The lowest BCUT2D eigenvalue weighted by Crippen LogP contribution is -2.44. The number of anilines is 2. The third-order valence-corrected chi connectivity index (χ3v) is 7.63. The largest absolute Gasteiger partial charge is 0.511 e. The van der Waals surface area contributed by atoms with E-state index in [4.69, 9.17) is 16.2 Å². The predicted octanol–water partition coefficient (Wildman–Crippen LogP) is 6.29. The number of thioether (sulfide) groups is 1. The van der Waals surface area contributed by atoms with Crippen molar-refractivity contribution in [3.63, 3.8) is 0 Å².